The van der Waals surface area contributed by atoms with Crippen LogP contribution in [0.1, 0.15) is 16.1 Å². The molecular formula is C21H21N3O4. The number of hydrogen-bond acceptors (Lipinski definition) is 5. The van der Waals surface area contributed by atoms with E-state index in [1.165, 1.54) is 23.9 Å². The Morgan fingerprint density at radius 1 is 1.00 bits per heavy atom. The van der Waals surface area contributed by atoms with Gasteiger partial charge in [0.05, 0.1) is 13.2 Å². The quantitative estimate of drug-likeness (QED) is 0.681. The zero-order valence-electron chi connectivity index (χ0n) is 15.7. The summed E-state index contributed by atoms with van der Waals surface area (Å²) in [6.45, 7) is 2.63. The summed E-state index contributed by atoms with van der Waals surface area (Å²) < 4.78 is 11.9. The number of nitrogens with one attached hydrogen (secondary N) is 1. The lowest BCUT2D eigenvalue weighted by Gasteiger charge is -2.09. The van der Waals surface area contributed by atoms with Crippen LogP contribution in [0.2, 0.25) is 0 Å². The fourth-order valence-corrected chi connectivity index (χ4v) is 2.45. The third-order valence-corrected chi connectivity index (χ3v) is 3.98. The molecule has 1 amide bonds. The van der Waals surface area contributed by atoms with Crippen molar-refractivity contribution in [2.45, 2.75) is 13.5 Å². The van der Waals surface area contributed by atoms with Gasteiger partial charge < -0.3 is 14.8 Å². The van der Waals surface area contributed by atoms with Crippen LogP contribution in [0, 0.1) is 6.92 Å². The van der Waals surface area contributed by atoms with Crippen LogP contribution < -0.4 is 15.6 Å². The van der Waals surface area contributed by atoms with Crippen LogP contribution in [-0.2, 0) is 11.3 Å². The number of hydrogen-bond donors (Lipinski definition) is 1. The van der Waals surface area contributed by atoms with Crippen LogP contribution in [0.25, 0.3) is 0 Å². The lowest BCUT2D eigenvalue weighted by atomic mass is 10.2. The first-order valence-corrected chi connectivity index (χ1v) is 8.78. The van der Waals surface area contributed by atoms with E-state index in [4.69, 9.17) is 9.47 Å². The Labute approximate surface area is 162 Å². The van der Waals surface area contributed by atoms with Gasteiger partial charge in [0, 0.05) is 18.9 Å². The molecule has 3 rings (SSSR count). The SMILES string of the molecule is COCCn1nc(C(=O)Nc2ccc(Oc3ccc(C)cc3)cc2)ccc1=O. The first-order valence-electron chi connectivity index (χ1n) is 8.78. The number of benzene rings is 2. The molecule has 0 unspecified atom stereocenters. The number of carbonyl (C=O) groups is 1. The summed E-state index contributed by atoms with van der Waals surface area (Å²) in [7, 11) is 1.54. The molecule has 7 nitrogen and oxygen atoms in total. The number of methoxy groups -OCH3 is 1. The molecule has 0 aliphatic heterocycles. The van der Waals surface area contributed by atoms with Crippen molar-refractivity contribution in [3.63, 3.8) is 0 Å². The third kappa shape index (κ3) is 5.05. The summed E-state index contributed by atoms with van der Waals surface area (Å²) in [5.41, 5.74) is 1.62. The molecule has 0 aliphatic carbocycles. The van der Waals surface area contributed by atoms with Gasteiger partial charge in [0.25, 0.3) is 11.5 Å². The van der Waals surface area contributed by atoms with Gasteiger partial charge in [-0.25, -0.2) is 4.68 Å². The van der Waals surface area contributed by atoms with Gasteiger partial charge >= 0.3 is 0 Å². The number of nitrogens with zero attached hydrogens (tertiary/aromatic N) is 2. The third-order valence-electron chi connectivity index (χ3n) is 3.98. The summed E-state index contributed by atoms with van der Waals surface area (Å²) in [4.78, 5) is 24.2. The number of anilines is 1. The van der Waals surface area contributed by atoms with Crippen molar-refractivity contribution < 1.29 is 14.3 Å². The molecule has 0 atom stereocenters. The van der Waals surface area contributed by atoms with E-state index in [1.54, 1.807) is 24.3 Å². The molecule has 1 N–H and O–H groups in total. The maximum atomic E-state index is 12.4. The number of aryl methyl sites for hydroxylation is 1. The summed E-state index contributed by atoms with van der Waals surface area (Å²) in [5.74, 6) is 0.997. The Morgan fingerprint density at radius 2 is 1.64 bits per heavy atom. The van der Waals surface area contributed by atoms with E-state index in [0.29, 0.717) is 18.0 Å². The highest BCUT2D eigenvalue weighted by atomic mass is 16.5. The second-order valence-corrected chi connectivity index (χ2v) is 6.17. The summed E-state index contributed by atoms with van der Waals surface area (Å²) in [6.07, 6.45) is 0. The van der Waals surface area contributed by atoms with E-state index in [1.807, 2.05) is 31.2 Å². The van der Waals surface area contributed by atoms with Crippen molar-refractivity contribution in [1.82, 2.24) is 9.78 Å². The first kappa shape index (κ1) is 19.3. The van der Waals surface area contributed by atoms with Crippen LogP contribution in [0.5, 0.6) is 11.5 Å². The van der Waals surface area contributed by atoms with Gasteiger partial charge in [0.2, 0.25) is 0 Å². The number of amides is 1. The Morgan fingerprint density at radius 3 is 2.29 bits per heavy atom. The zero-order chi connectivity index (χ0) is 19.9. The van der Waals surface area contributed by atoms with E-state index in [0.717, 1.165) is 11.3 Å². The van der Waals surface area contributed by atoms with Crippen molar-refractivity contribution in [2.75, 3.05) is 19.0 Å². The van der Waals surface area contributed by atoms with Gasteiger partial charge in [-0.2, -0.15) is 5.10 Å². The molecule has 7 heteroatoms. The molecule has 28 heavy (non-hydrogen) atoms. The summed E-state index contributed by atoms with van der Waals surface area (Å²) >= 11 is 0. The van der Waals surface area contributed by atoms with Gasteiger partial charge in [0.1, 0.15) is 17.2 Å². The van der Waals surface area contributed by atoms with Crippen molar-refractivity contribution in [3.05, 3.63) is 82.3 Å². The van der Waals surface area contributed by atoms with Crippen LogP contribution in [-0.4, -0.2) is 29.4 Å². The van der Waals surface area contributed by atoms with E-state index in [9.17, 15) is 9.59 Å². The predicted molar refractivity (Wildman–Crippen MR) is 106 cm³/mol. The molecule has 2 aromatic carbocycles. The van der Waals surface area contributed by atoms with Crippen LogP contribution >= 0.6 is 0 Å². The molecule has 0 radical (unpaired) electrons. The van der Waals surface area contributed by atoms with Crippen LogP contribution in [0.15, 0.2) is 65.5 Å². The highest BCUT2D eigenvalue weighted by Crippen LogP contribution is 2.23. The molecule has 0 bridgehead atoms. The van der Waals surface area contributed by atoms with Crippen LogP contribution in [0.4, 0.5) is 5.69 Å². The smallest absolute Gasteiger partial charge is 0.276 e. The lowest BCUT2D eigenvalue weighted by molar-refractivity contribution is 0.101. The fraction of sp³-hybridized carbons (Fsp3) is 0.190. The fourth-order valence-electron chi connectivity index (χ4n) is 2.45. The minimum absolute atomic E-state index is 0.149. The molecule has 3 aromatic rings. The van der Waals surface area contributed by atoms with Crippen molar-refractivity contribution >= 4 is 11.6 Å². The molecule has 144 valence electrons. The predicted octanol–water partition coefficient (Wildman–Crippen LogP) is 3.24. The summed E-state index contributed by atoms with van der Waals surface area (Å²) in [6, 6.07) is 17.5. The zero-order valence-corrected chi connectivity index (χ0v) is 15.7. The van der Waals surface area contributed by atoms with Crippen molar-refractivity contribution in [2.24, 2.45) is 0 Å². The Kier molecular flexibility index (Phi) is 6.18. The topological polar surface area (TPSA) is 82.5 Å². The molecule has 0 spiro atoms. The second kappa shape index (κ2) is 8.96. The van der Waals surface area contributed by atoms with E-state index in [-0.39, 0.29) is 17.8 Å². The largest absolute Gasteiger partial charge is 0.457 e. The lowest BCUT2D eigenvalue weighted by Crippen LogP contribution is -2.27. The van der Waals surface area contributed by atoms with Crippen molar-refractivity contribution in [1.29, 1.82) is 0 Å². The van der Waals surface area contributed by atoms with Gasteiger partial charge in [-0.1, -0.05) is 17.7 Å². The average molecular weight is 379 g/mol. The van der Waals surface area contributed by atoms with E-state index in [2.05, 4.69) is 10.4 Å². The normalized spacial score (nSPS) is 10.5. The number of rotatable bonds is 7. The van der Waals surface area contributed by atoms with Gasteiger partial charge in [-0.15, -0.1) is 0 Å². The Hall–Kier alpha value is -3.45. The van der Waals surface area contributed by atoms with Gasteiger partial charge in [0.15, 0.2) is 0 Å². The number of carbonyl (C=O) groups excluding carboxylic acids is 1. The Bertz CT molecular complexity index is 995. The maximum Gasteiger partial charge on any atom is 0.276 e. The monoisotopic (exact) mass is 379 g/mol. The molecule has 1 aromatic heterocycles. The number of ether oxygens (including phenoxy) is 2. The molecule has 0 aliphatic rings. The second-order valence-electron chi connectivity index (χ2n) is 6.17. The maximum absolute atomic E-state index is 12.4. The minimum atomic E-state index is -0.404. The first-order chi connectivity index (χ1) is 13.5. The van der Waals surface area contributed by atoms with Gasteiger partial charge in [-0.3, -0.25) is 9.59 Å². The van der Waals surface area contributed by atoms with Crippen LogP contribution in [0.3, 0.4) is 0 Å². The molecular weight excluding hydrogens is 358 g/mol. The molecule has 0 saturated heterocycles. The van der Waals surface area contributed by atoms with Gasteiger partial charge in [-0.05, 0) is 49.4 Å². The highest BCUT2D eigenvalue weighted by molar-refractivity contribution is 6.02. The molecule has 1 heterocycles. The molecule has 0 saturated carbocycles. The Balaban J connectivity index is 1.65. The van der Waals surface area contributed by atoms with Crippen molar-refractivity contribution in [3.8, 4) is 11.5 Å². The van der Waals surface area contributed by atoms with E-state index < -0.39 is 5.91 Å². The highest BCUT2D eigenvalue weighted by Gasteiger charge is 2.10. The standard InChI is InChI=1S/C21H21N3O4/c1-15-3-7-17(8-4-15)28-18-9-5-16(6-10-18)22-21(26)19-11-12-20(25)24(23-19)13-14-27-2/h3-12H,13-14H2,1-2H3,(H,22,26). The summed E-state index contributed by atoms with van der Waals surface area (Å²) in [5, 5.41) is 6.83. The minimum Gasteiger partial charge on any atom is -0.457 e. The molecule has 0 fully saturated rings. The van der Waals surface area contributed by atoms with E-state index >= 15 is 0 Å². The number of aromatic nitrogens is 2. The average Bonchev–Trinajstić information content (AvgIpc) is 2.70.